The minimum Gasteiger partial charge on any atom is -0.494 e. The Bertz CT molecular complexity index is 1490. The molecule has 3 heterocycles. The molecule has 1 aromatic heterocycles. The van der Waals surface area contributed by atoms with E-state index in [0.717, 1.165) is 49.8 Å². The fourth-order valence-corrected chi connectivity index (χ4v) is 6.08. The first-order valence-corrected chi connectivity index (χ1v) is 15.3. The lowest BCUT2D eigenvalue weighted by Gasteiger charge is -2.37. The lowest BCUT2D eigenvalue weighted by Crippen LogP contribution is -2.47. The maximum Gasteiger partial charge on any atom is 0.247 e. The summed E-state index contributed by atoms with van der Waals surface area (Å²) in [7, 11) is 1.63. The summed E-state index contributed by atoms with van der Waals surface area (Å²) in [6, 6.07) is 11.0. The van der Waals surface area contributed by atoms with Crippen molar-refractivity contribution in [2.24, 2.45) is 5.92 Å². The molecule has 2 aromatic carbocycles. The molecule has 1 saturated carbocycles. The van der Waals surface area contributed by atoms with Crippen LogP contribution in [0.4, 0.5) is 28.7 Å². The second-order valence-corrected chi connectivity index (χ2v) is 11.8. The molecule has 1 unspecified atom stereocenters. The second-order valence-electron chi connectivity index (χ2n) is 11.0. The van der Waals surface area contributed by atoms with Crippen molar-refractivity contribution in [1.29, 1.82) is 0 Å². The fraction of sp³-hybridized carbons (Fsp3) is 0.387. The van der Waals surface area contributed by atoms with Crippen LogP contribution in [0.1, 0.15) is 30.9 Å². The number of carbonyl (C=O) groups is 1. The highest BCUT2D eigenvalue weighted by atomic mass is 35.5. The van der Waals surface area contributed by atoms with E-state index in [1.165, 1.54) is 31.8 Å². The molecule has 0 spiro atoms. The highest BCUT2D eigenvalue weighted by Crippen LogP contribution is 2.42. The highest BCUT2D eigenvalue weighted by Gasteiger charge is 2.32. The van der Waals surface area contributed by atoms with Crippen molar-refractivity contribution in [3.8, 4) is 5.75 Å². The average Bonchev–Trinajstić information content (AvgIpc) is 3.70. The van der Waals surface area contributed by atoms with Crippen LogP contribution in [0.5, 0.6) is 5.75 Å². The number of halogens is 2. The van der Waals surface area contributed by atoms with Gasteiger partial charge in [-0.3, -0.25) is 14.5 Å². The quantitative estimate of drug-likeness (QED) is 0.261. The molecule has 1 amide bonds. The van der Waals surface area contributed by atoms with Gasteiger partial charge in [-0.25, -0.2) is 15.0 Å². The van der Waals surface area contributed by atoms with Gasteiger partial charge in [-0.15, -0.1) is 0 Å². The van der Waals surface area contributed by atoms with Gasteiger partial charge in [0, 0.05) is 51.3 Å². The van der Waals surface area contributed by atoms with Crippen LogP contribution < -0.4 is 25.3 Å². The molecule has 1 aliphatic carbocycles. The smallest absolute Gasteiger partial charge is 0.247 e. The number of aromatic nitrogens is 2. The maximum atomic E-state index is 12.4. The number of hydrogen-bond acceptors (Lipinski definition) is 9. The molecule has 1 atom stereocenters. The van der Waals surface area contributed by atoms with Gasteiger partial charge in [0.1, 0.15) is 17.9 Å². The Kier molecular flexibility index (Phi) is 8.90. The molecule has 2 saturated heterocycles. The molecular formula is C31H35Cl2N7O3. The number of rotatable bonds is 10. The van der Waals surface area contributed by atoms with E-state index in [2.05, 4.69) is 37.0 Å². The summed E-state index contributed by atoms with van der Waals surface area (Å²) in [6.45, 7) is 9.01. The van der Waals surface area contributed by atoms with Gasteiger partial charge >= 0.3 is 0 Å². The summed E-state index contributed by atoms with van der Waals surface area (Å²) in [6.07, 6.45) is 6.16. The van der Waals surface area contributed by atoms with Gasteiger partial charge in [-0.2, -0.15) is 0 Å². The van der Waals surface area contributed by atoms with E-state index in [9.17, 15) is 4.79 Å². The summed E-state index contributed by atoms with van der Waals surface area (Å²) >= 11 is 12.8. The first kappa shape index (κ1) is 29.5. The van der Waals surface area contributed by atoms with Crippen molar-refractivity contribution in [1.82, 2.24) is 14.9 Å². The van der Waals surface area contributed by atoms with Crippen molar-refractivity contribution in [3.05, 3.63) is 71.0 Å². The Hall–Kier alpha value is -3.57. The van der Waals surface area contributed by atoms with Gasteiger partial charge in [0.15, 0.2) is 5.82 Å². The minimum absolute atomic E-state index is 0.159. The summed E-state index contributed by atoms with van der Waals surface area (Å²) in [4.78, 5) is 32.1. The molecular weight excluding hydrogens is 589 g/mol. The third-order valence-corrected chi connectivity index (χ3v) is 8.91. The molecule has 12 heteroatoms. The zero-order chi connectivity index (χ0) is 29.9. The minimum atomic E-state index is -0.286. The molecule has 226 valence electrons. The van der Waals surface area contributed by atoms with Crippen LogP contribution in [0, 0.1) is 5.92 Å². The number of ether oxygens (including phenoxy) is 1. The standard InChI is InChI=1S/C31H35Cl2N7O3/c1-3-30(41)37-23-15-24(27(42-2)16-26(23)39-12-10-38(11-13-39)18-20-7-8-20)36-28-17-29(35-19-34-28)40-25(9-14-43-40)21-5-4-6-22(32)31(21)33/h3-6,15-17,19-20,25H,1,7-14,18H2,2H3,(H,37,41)(H,34,35,36). The van der Waals surface area contributed by atoms with Crippen LogP contribution in [0.25, 0.3) is 0 Å². The SMILES string of the molecule is C=CC(=O)Nc1cc(Nc2cc(N3OCCC3c3cccc(Cl)c3Cl)ncn2)c(OC)cc1N1CCN(CC2CC2)CC1. The van der Waals surface area contributed by atoms with Crippen LogP contribution in [0.15, 0.2) is 55.4 Å². The number of nitrogens with one attached hydrogen (secondary N) is 2. The number of hydrogen-bond donors (Lipinski definition) is 2. The first-order valence-electron chi connectivity index (χ1n) is 14.5. The van der Waals surface area contributed by atoms with Crippen molar-refractivity contribution >= 4 is 57.8 Å². The van der Waals surface area contributed by atoms with E-state index < -0.39 is 0 Å². The molecule has 0 radical (unpaired) electrons. The van der Waals surface area contributed by atoms with E-state index in [4.69, 9.17) is 32.8 Å². The van der Waals surface area contributed by atoms with Gasteiger partial charge in [-0.05, 0) is 42.5 Å². The first-order chi connectivity index (χ1) is 20.9. The van der Waals surface area contributed by atoms with E-state index >= 15 is 0 Å². The van der Waals surface area contributed by atoms with Crippen LogP contribution in [0.3, 0.4) is 0 Å². The van der Waals surface area contributed by atoms with E-state index in [0.29, 0.717) is 45.4 Å². The molecule has 10 nitrogen and oxygen atoms in total. The van der Waals surface area contributed by atoms with Gasteiger partial charge in [0.2, 0.25) is 5.91 Å². The molecule has 2 aliphatic heterocycles. The van der Waals surface area contributed by atoms with Crippen molar-refractivity contribution in [3.63, 3.8) is 0 Å². The average molecular weight is 625 g/mol. The van der Waals surface area contributed by atoms with Gasteiger partial charge < -0.3 is 20.3 Å². The monoisotopic (exact) mass is 623 g/mol. The van der Waals surface area contributed by atoms with Crippen LogP contribution in [0.2, 0.25) is 10.0 Å². The third kappa shape index (κ3) is 6.67. The molecule has 0 bridgehead atoms. The normalized spacial score (nSPS) is 18.9. The van der Waals surface area contributed by atoms with Crippen LogP contribution in [-0.2, 0) is 9.63 Å². The number of methoxy groups -OCH3 is 1. The summed E-state index contributed by atoms with van der Waals surface area (Å²) in [5.74, 6) is 2.28. The second kappa shape index (κ2) is 13.0. The summed E-state index contributed by atoms with van der Waals surface area (Å²) < 4.78 is 5.81. The summed E-state index contributed by atoms with van der Waals surface area (Å²) in [5, 5.41) is 9.07. The lowest BCUT2D eigenvalue weighted by molar-refractivity contribution is -0.111. The van der Waals surface area contributed by atoms with Gasteiger partial charge in [-0.1, -0.05) is 41.9 Å². The van der Waals surface area contributed by atoms with Crippen molar-refractivity contribution < 1.29 is 14.4 Å². The number of amides is 1. The highest BCUT2D eigenvalue weighted by molar-refractivity contribution is 6.42. The molecule has 6 rings (SSSR count). The number of hydroxylamine groups is 1. The Morgan fingerprint density at radius 1 is 1.12 bits per heavy atom. The van der Waals surface area contributed by atoms with Crippen molar-refractivity contribution in [2.45, 2.75) is 25.3 Å². The van der Waals surface area contributed by atoms with Gasteiger partial charge in [0.25, 0.3) is 0 Å². The Morgan fingerprint density at radius 3 is 2.67 bits per heavy atom. The fourth-order valence-electron chi connectivity index (χ4n) is 5.65. The number of benzene rings is 2. The zero-order valence-electron chi connectivity index (χ0n) is 24.1. The number of anilines is 5. The van der Waals surface area contributed by atoms with E-state index in [1.54, 1.807) is 24.3 Å². The van der Waals surface area contributed by atoms with Crippen LogP contribution in [-0.4, -0.2) is 67.2 Å². The Morgan fingerprint density at radius 2 is 1.93 bits per heavy atom. The topological polar surface area (TPSA) is 95.1 Å². The predicted octanol–water partition coefficient (Wildman–Crippen LogP) is 6.08. The van der Waals surface area contributed by atoms with Crippen LogP contribution >= 0.6 is 23.2 Å². The van der Waals surface area contributed by atoms with Gasteiger partial charge in [0.05, 0.1) is 46.9 Å². The van der Waals surface area contributed by atoms with E-state index in [1.807, 2.05) is 24.3 Å². The maximum absolute atomic E-state index is 12.4. The molecule has 43 heavy (non-hydrogen) atoms. The molecule has 2 N–H and O–H groups in total. The van der Waals surface area contributed by atoms with E-state index in [-0.39, 0.29) is 11.9 Å². The molecule has 3 aliphatic rings. The lowest BCUT2D eigenvalue weighted by atomic mass is 10.0. The largest absolute Gasteiger partial charge is 0.494 e. The third-order valence-electron chi connectivity index (χ3n) is 8.07. The number of nitrogens with zero attached hydrogens (tertiary/aromatic N) is 5. The molecule has 3 fully saturated rings. The Labute approximate surface area is 261 Å². The number of piperazine rings is 1. The number of carbonyl (C=O) groups excluding carboxylic acids is 1. The molecule has 3 aromatic rings. The summed E-state index contributed by atoms with van der Waals surface area (Å²) in [5.41, 5.74) is 3.07. The Balaban J connectivity index is 1.25. The zero-order valence-corrected chi connectivity index (χ0v) is 25.6. The van der Waals surface area contributed by atoms with Crippen molar-refractivity contribution in [2.75, 3.05) is 67.0 Å². The predicted molar refractivity (Wildman–Crippen MR) is 171 cm³/mol.